The summed E-state index contributed by atoms with van der Waals surface area (Å²) in [6, 6.07) is 2.40. The highest BCUT2D eigenvalue weighted by molar-refractivity contribution is 7.89. The highest BCUT2D eigenvalue weighted by atomic mass is 32.2. The van der Waals surface area contributed by atoms with E-state index in [1.165, 1.54) is 16.4 Å². The zero-order valence-corrected chi connectivity index (χ0v) is 11.7. The lowest BCUT2D eigenvalue weighted by Crippen LogP contribution is -2.31. The second kappa shape index (κ2) is 5.47. The first-order chi connectivity index (χ1) is 9.32. The highest BCUT2D eigenvalue weighted by Crippen LogP contribution is 2.25. The summed E-state index contributed by atoms with van der Waals surface area (Å²) in [5, 5.41) is 18.1. The number of aromatic carboxylic acids is 1. The number of carboxylic acid groups (broad SMARTS) is 1. The van der Waals surface area contributed by atoms with Crippen LogP contribution in [-0.2, 0) is 10.0 Å². The average molecular weight is 300 g/mol. The summed E-state index contributed by atoms with van der Waals surface area (Å²) in [6.07, 6.45) is 1.07. The van der Waals surface area contributed by atoms with E-state index in [0.717, 1.165) is 6.20 Å². The fourth-order valence-electron chi connectivity index (χ4n) is 2.16. The number of rotatable bonds is 4. The second-order valence-electron chi connectivity index (χ2n) is 4.84. The first-order valence-corrected chi connectivity index (χ1v) is 7.64. The normalized spacial score (nSPS) is 21.8. The van der Waals surface area contributed by atoms with Gasteiger partial charge in [-0.1, -0.05) is 0 Å². The maximum Gasteiger partial charge on any atom is 0.337 e. The molecule has 0 radical (unpaired) electrons. The van der Waals surface area contributed by atoms with Gasteiger partial charge in [0, 0.05) is 19.3 Å². The number of nitrogens with zero attached hydrogens (tertiary/aromatic N) is 2. The maximum absolute atomic E-state index is 12.3. The number of hydrogen-bond donors (Lipinski definition) is 2. The van der Waals surface area contributed by atoms with Gasteiger partial charge in [-0.2, -0.15) is 4.31 Å². The highest BCUT2D eigenvalue weighted by Gasteiger charge is 2.35. The third-order valence-electron chi connectivity index (χ3n) is 3.46. The molecule has 0 saturated carbocycles. The minimum Gasteiger partial charge on any atom is -0.478 e. The lowest BCUT2D eigenvalue weighted by Gasteiger charge is -2.17. The van der Waals surface area contributed by atoms with E-state index in [9.17, 15) is 18.3 Å². The minimum atomic E-state index is -3.73. The van der Waals surface area contributed by atoms with Gasteiger partial charge >= 0.3 is 5.97 Å². The molecule has 0 spiro atoms. The number of aliphatic hydroxyl groups excluding tert-OH is 1. The molecule has 2 rings (SSSR count). The van der Waals surface area contributed by atoms with Crippen LogP contribution in [0, 0.1) is 5.92 Å². The number of pyridine rings is 1. The van der Waals surface area contributed by atoms with Crippen LogP contribution in [0.15, 0.2) is 23.4 Å². The van der Waals surface area contributed by atoms with Crippen molar-refractivity contribution in [2.24, 2.45) is 5.92 Å². The van der Waals surface area contributed by atoms with E-state index in [2.05, 4.69) is 4.98 Å². The van der Waals surface area contributed by atoms with E-state index in [1.807, 2.05) is 0 Å². The summed E-state index contributed by atoms with van der Waals surface area (Å²) in [5.41, 5.74) is -0.0628. The number of hydrogen-bond acceptors (Lipinski definition) is 5. The molecule has 0 aromatic carbocycles. The van der Waals surface area contributed by atoms with Gasteiger partial charge < -0.3 is 10.2 Å². The van der Waals surface area contributed by atoms with E-state index < -0.39 is 22.1 Å². The zero-order valence-electron chi connectivity index (χ0n) is 10.9. The zero-order chi connectivity index (χ0) is 14.9. The summed E-state index contributed by atoms with van der Waals surface area (Å²) in [5.74, 6) is -1.24. The maximum atomic E-state index is 12.3. The van der Waals surface area contributed by atoms with Crippen LogP contribution < -0.4 is 0 Å². The van der Waals surface area contributed by atoms with Crippen LogP contribution in [0.5, 0.6) is 0 Å². The molecular formula is C12H16N2O5S. The van der Waals surface area contributed by atoms with Crippen molar-refractivity contribution in [3.63, 3.8) is 0 Å². The minimum absolute atomic E-state index is 0.0628. The Balaban J connectivity index is 2.21. The van der Waals surface area contributed by atoms with Gasteiger partial charge in [-0.05, 0) is 31.4 Å². The quantitative estimate of drug-likeness (QED) is 0.820. The largest absolute Gasteiger partial charge is 0.478 e. The van der Waals surface area contributed by atoms with Gasteiger partial charge in [-0.3, -0.25) is 0 Å². The third-order valence-corrected chi connectivity index (χ3v) is 5.24. The van der Waals surface area contributed by atoms with Crippen molar-refractivity contribution in [3.05, 3.63) is 23.9 Å². The van der Waals surface area contributed by atoms with Gasteiger partial charge in [0.05, 0.1) is 11.7 Å². The van der Waals surface area contributed by atoms with Gasteiger partial charge in [-0.15, -0.1) is 0 Å². The van der Waals surface area contributed by atoms with E-state index >= 15 is 0 Å². The molecule has 2 unspecified atom stereocenters. The molecule has 2 atom stereocenters. The summed E-state index contributed by atoms with van der Waals surface area (Å²) < 4.78 is 25.9. The molecule has 7 nitrogen and oxygen atoms in total. The van der Waals surface area contributed by atoms with E-state index in [-0.39, 0.29) is 23.1 Å². The van der Waals surface area contributed by atoms with Crippen LogP contribution in [0.3, 0.4) is 0 Å². The predicted molar refractivity (Wildman–Crippen MR) is 69.7 cm³/mol. The van der Waals surface area contributed by atoms with E-state index in [4.69, 9.17) is 5.11 Å². The van der Waals surface area contributed by atoms with Gasteiger partial charge in [-0.25, -0.2) is 18.2 Å². The van der Waals surface area contributed by atoms with Crippen LogP contribution in [0.2, 0.25) is 0 Å². The van der Waals surface area contributed by atoms with Crippen LogP contribution in [0.25, 0.3) is 0 Å². The molecule has 110 valence electrons. The van der Waals surface area contributed by atoms with E-state index in [0.29, 0.717) is 13.0 Å². The first-order valence-electron chi connectivity index (χ1n) is 6.20. The fourth-order valence-corrected chi connectivity index (χ4v) is 3.58. The fraction of sp³-hybridized carbons (Fsp3) is 0.500. The summed E-state index contributed by atoms with van der Waals surface area (Å²) in [4.78, 5) is 14.4. The summed E-state index contributed by atoms with van der Waals surface area (Å²) >= 11 is 0. The predicted octanol–water partition coefficient (Wildman–Crippen LogP) is 0.171. The van der Waals surface area contributed by atoms with Gasteiger partial charge in [0.1, 0.15) is 0 Å². The smallest absolute Gasteiger partial charge is 0.337 e. The third kappa shape index (κ3) is 2.82. The first kappa shape index (κ1) is 14.9. The van der Waals surface area contributed by atoms with Crippen molar-refractivity contribution in [1.82, 2.24) is 9.29 Å². The molecule has 2 heterocycles. The molecule has 1 aliphatic rings. The van der Waals surface area contributed by atoms with Crippen LogP contribution in [0.4, 0.5) is 0 Å². The van der Waals surface area contributed by atoms with Gasteiger partial charge in [0.2, 0.25) is 0 Å². The van der Waals surface area contributed by atoms with Crippen molar-refractivity contribution in [2.75, 3.05) is 13.1 Å². The molecule has 0 bridgehead atoms. The SMILES string of the molecule is CC(O)C1CCN(S(=O)(=O)c2ccc(C(=O)O)cn2)C1. The lowest BCUT2D eigenvalue weighted by molar-refractivity contribution is 0.0696. The topological polar surface area (TPSA) is 108 Å². The summed E-state index contributed by atoms with van der Waals surface area (Å²) in [6.45, 7) is 2.23. The van der Waals surface area contributed by atoms with Crippen LogP contribution in [-0.4, -0.2) is 53.1 Å². The molecular weight excluding hydrogens is 284 g/mol. The Labute approximate surface area is 116 Å². The Morgan fingerprint density at radius 1 is 1.50 bits per heavy atom. The monoisotopic (exact) mass is 300 g/mol. The van der Waals surface area contributed by atoms with Gasteiger partial charge in [0.15, 0.2) is 5.03 Å². The number of aromatic nitrogens is 1. The molecule has 1 saturated heterocycles. The molecule has 8 heteroatoms. The lowest BCUT2D eigenvalue weighted by atomic mass is 10.0. The molecule has 0 amide bonds. The Kier molecular flexibility index (Phi) is 4.07. The number of carbonyl (C=O) groups is 1. The molecule has 2 N–H and O–H groups in total. The van der Waals surface area contributed by atoms with Crippen molar-refractivity contribution in [3.8, 4) is 0 Å². The van der Waals surface area contributed by atoms with Crippen molar-refractivity contribution in [2.45, 2.75) is 24.5 Å². The number of sulfonamides is 1. The van der Waals surface area contributed by atoms with Crippen molar-refractivity contribution < 1.29 is 23.4 Å². The number of aliphatic hydroxyl groups is 1. The second-order valence-corrected chi connectivity index (χ2v) is 6.73. The molecule has 1 aromatic heterocycles. The molecule has 0 aliphatic carbocycles. The van der Waals surface area contributed by atoms with Crippen molar-refractivity contribution in [1.29, 1.82) is 0 Å². The van der Waals surface area contributed by atoms with Crippen LogP contribution in [0.1, 0.15) is 23.7 Å². The van der Waals surface area contributed by atoms with E-state index in [1.54, 1.807) is 6.92 Å². The average Bonchev–Trinajstić information content (AvgIpc) is 2.89. The molecule has 20 heavy (non-hydrogen) atoms. The summed E-state index contributed by atoms with van der Waals surface area (Å²) in [7, 11) is -3.73. The Morgan fingerprint density at radius 3 is 2.65 bits per heavy atom. The molecule has 1 fully saturated rings. The van der Waals surface area contributed by atoms with Gasteiger partial charge in [0.25, 0.3) is 10.0 Å². The Hall–Kier alpha value is -1.51. The van der Waals surface area contributed by atoms with Crippen LogP contribution >= 0.6 is 0 Å². The van der Waals surface area contributed by atoms with Crippen molar-refractivity contribution >= 4 is 16.0 Å². The standard InChI is InChI=1S/C12H16N2O5S/c1-8(15)10-4-5-14(7-10)20(18,19)11-3-2-9(6-13-11)12(16)17/h2-3,6,8,10,15H,4-5,7H2,1H3,(H,16,17). The molecule has 1 aromatic rings. The molecule has 1 aliphatic heterocycles. The number of carboxylic acids is 1. The Bertz CT molecular complexity index is 597. The Morgan fingerprint density at radius 2 is 2.20 bits per heavy atom.